The maximum atomic E-state index is 8.23. The zero-order chi connectivity index (χ0) is 9.68. The van der Waals surface area contributed by atoms with E-state index in [4.69, 9.17) is 22.6 Å². The van der Waals surface area contributed by atoms with Gasteiger partial charge in [-0.1, -0.05) is 23.4 Å². The molecule has 0 radical (unpaired) electrons. The highest BCUT2D eigenvalue weighted by atomic mass is 35.5. The van der Waals surface area contributed by atoms with Crippen LogP contribution in [0.3, 0.4) is 0 Å². The molecule has 1 rings (SSSR count). The zero-order valence-corrected chi connectivity index (χ0v) is 7.34. The Bertz CT molecular complexity index is 410. The van der Waals surface area contributed by atoms with Crippen molar-refractivity contribution in [3.05, 3.63) is 16.8 Å². The molecule has 0 bridgehead atoms. The first-order chi connectivity index (χ1) is 6.24. The number of nitrogens with zero attached hydrogens (tertiary/aromatic N) is 3. The Morgan fingerprint density at radius 2 is 2.31 bits per heavy atom. The van der Waals surface area contributed by atoms with E-state index in [1.54, 1.807) is 0 Å². The molecule has 0 aromatic carbocycles. The van der Waals surface area contributed by atoms with E-state index in [0.29, 0.717) is 5.56 Å². The molecule has 0 saturated heterocycles. The van der Waals surface area contributed by atoms with E-state index in [-0.39, 0.29) is 17.4 Å². The van der Waals surface area contributed by atoms with Gasteiger partial charge in [0.15, 0.2) is 11.0 Å². The van der Waals surface area contributed by atoms with Crippen LogP contribution in [0.4, 0.5) is 5.82 Å². The molecule has 0 aliphatic rings. The standard InChI is InChI=1S/C8H5ClN4/c9-7-5-6(3-1-2-4-10)8(11)13-12-7/h5H,2H2,(H2,11,13). The number of nitriles is 1. The van der Waals surface area contributed by atoms with E-state index in [9.17, 15) is 0 Å². The Morgan fingerprint density at radius 1 is 1.54 bits per heavy atom. The summed E-state index contributed by atoms with van der Waals surface area (Å²) >= 11 is 5.57. The van der Waals surface area contributed by atoms with Crippen LogP contribution in [-0.4, -0.2) is 10.2 Å². The number of rotatable bonds is 0. The average Bonchev–Trinajstić information content (AvgIpc) is 2.11. The molecule has 0 atom stereocenters. The van der Waals surface area contributed by atoms with E-state index in [1.807, 2.05) is 6.07 Å². The Balaban J connectivity index is 2.97. The zero-order valence-electron chi connectivity index (χ0n) is 6.58. The summed E-state index contributed by atoms with van der Waals surface area (Å²) in [5.74, 6) is 5.49. The average molecular weight is 193 g/mol. The van der Waals surface area contributed by atoms with Crippen LogP contribution in [0.15, 0.2) is 6.07 Å². The number of anilines is 1. The third kappa shape index (κ3) is 2.62. The molecule has 0 aliphatic carbocycles. The molecule has 13 heavy (non-hydrogen) atoms. The molecular weight excluding hydrogens is 188 g/mol. The van der Waals surface area contributed by atoms with E-state index in [0.717, 1.165) is 0 Å². The summed E-state index contributed by atoms with van der Waals surface area (Å²) in [6, 6.07) is 3.40. The number of hydrogen-bond donors (Lipinski definition) is 1. The van der Waals surface area contributed by atoms with Gasteiger partial charge in [-0.15, -0.1) is 10.2 Å². The molecule has 64 valence electrons. The minimum Gasteiger partial charge on any atom is -0.381 e. The summed E-state index contributed by atoms with van der Waals surface area (Å²) in [6.45, 7) is 0. The number of nitrogen functional groups attached to an aromatic ring is 1. The smallest absolute Gasteiger partial charge is 0.162 e. The third-order valence-electron chi connectivity index (χ3n) is 1.18. The third-order valence-corrected chi connectivity index (χ3v) is 1.37. The fraction of sp³-hybridized carbons (Fsp3) is 0.125. The molecular formula is C8H5ClN4. The lowest BCUT2D eigenvalue weighted by Crippen LogP contribution is -1.96. The molecule has 0 unspecified atom stereocenters. The molecule has 0 fully saturated rings. The second-order valence-corrected chi connectivity index (χ2v) is 2.49. The number of aromatic nitrogens is 2. The van der Waals surface area contributed by atoms with Crippen LogP contribution in [0, 0.1) is 23.2 Å². The SMILES string of the molecule is N#CCC#Cc1cc(Cl)nnc1N. The summed E-state index contributed by atoms with van der Waals surface area (Å²) in [4.78, 5) is 0. The van der Waals surface area contributed by atoms with Gasteiger partial charge in [-0.05, 0) is 6.07 Å². The first-order valence-electron chi connectivity index (χ1n) is 3.38. The van der Waals surface area contributed by atoms with Crippen molar-refractivity contribution < 1.29 is 0 Å². The van der Waals surface area contributed by atoms with E-state index in [1.165, 1.54) is 6.07 Å². The molecule has 0 aliphatic heterocycles. The Kier molecular flexibility index (Phi) is 3.08. The van der Waals surface area contributed by atoms with Gasteiger partial charge in [0, 0.05) is 0 Å². The quantitative estimate of drug-likeness (QED) is 0.622. The molecule has 1 heterocycles. The first kappa shape index (κ1) is 9.31. The number of halogens is 1. The lowest BCUT2D eigenvalue weighted by Gasteiger charge is -1.94. The fourth-order valence-electron chi connectivity index (χ4n) is 0.656. The molecule has 1 aromatic heterocycles. The van der Waals surface area contributed by atoms with Gasteiger partial charge in [0.2, 0.25) is 0 Å². The van der Waals surface area contributed by atoms with Crippen LogP contribution in [0.5, 0.6) is 0 Å². The van der Waals surface area contributed by atoms with Crippen LogP contribution in [0.25, 0.3) is 0 Å². The highest BCUT2D eigenvalue weighted by Crippen LogP contribution is 2.10. The van der Waals surface area contributed by atoms with Gasteiger partial charge < -0.3 is 5.73 Å². The second kappa shape index (κ2) is 4.30. The Hall–Kier alpha value is -1.78. The van der Waals surface area contributed by atoms with Crippen molar-refractivity contribution in [2.45, 2.75) is 6.42 Å². The molecule has 0 saturated carbocycles. The molecule has 1 aromatic rings. The first-order valence-corrected chi connectivity index (χ1v) is 3.76. The van der Waals surface area contributed by atoms with Crippen LogP contribution >= 0.6 is 11.6 Å². The summed E-state index contributed by atoms with van der Waals surface area (Å²) < 4.78 is 0. The number of nitrogens with two attached hydrogens (primary N) is 1. The van der Waals surface area contributed by atoms with Crippen molar-refractivity contribution in [2.24, 2.45) is 0 Å². The highest BCUT2D eigenvalue weighted by Gasteiger charge is 1.98. The maximum Gasteiger partial charge on any atom is 0.162 e. The van der Waals surface area contributed by atoms with Gasteiger partial charge >= 0.3 is 0 Å². The van der Waals surface area contributed by atoms with Crippen LogP contribution in [-0.2, 0) is 0 Å². The lowest BCUT2D eigenvalue weighted by atomic mass is 10.3. The predicted octanol–water partition coefficient (Wildman–Crippen LogP) is 0.977. The van der Waals surface area contributed by atoms with Crippen molar-refractivity contribution in [2.75, 3.05) is 5.73 Å². The van der Waals surface area contributed by atoms with Gasteiger partial charge in [0.1, 0.15) is 0 Å². The van der Waals surface area contributed by atoms with Crippen molar-refractivity contribution in [1.29, 1.82) is 5.26 Å². The van der Waals surface area contributed by atoms with Gasteiger partial charge in [-0.2, -0.15) is 5.26 Å². The molecule has 4 nitrogen and oxygen atoms in total. The van der Waals surface area contributed by atoms with Crippen molar-refractivity contribution >= 4 is 17.4 Å². The van der Waals surface area contributed by atoms with Crippen LogP contribution in [0.2, 0.25) is 5.15 Å². The normalized spacial score (nSPS) is 8.31. The van der Waals surface area contributed by atoms with Gasteiger partial charge in [-0.3, -0.25) is 0 Å². The monoisotopic (exact) mass is 192 g/mol. The minimum absolute atomic E-state index is 0.152. The summed E-state index contributed by atoms with van der Waals surface area (Å²) in [5.41, 5.74) is 5.95. The highest BCUT2D eigenvalue weighted by molar-refractivity contribution is 6.29. The van der Waals surface area contributed by atoms with Gasteiger partial charge in [0.05, 0.1) is 18.1 Å². The van der Waals surface area contributed by atoms with Crippen molar-refractivity contribution in [3.63, 3.8) is 0 Å². The topological polar surface area (TPSA) is 75.6 Å². The fourth-order valence-corrected chi connectivity index (χ4v) is 0.803. The van der Waals surface area contributed by atoms with Crippen LogP contribution in [0.1, 0.15) is 12.0 Å². The number of hydrogen-bond acceptors (Lipinski definition) is 4. The van der Waals surface area contributed by atoms with Gasteiger partial charge in [-0.25, -0.2) is 0 Å². The van der Waals surface area contributed by atoms with Crippen molar-refractivity contribution in [1.82, 2.24) is 10.2 Å². The predicted molar refractivity (Wildman–Crippen MR) is 48.6 cm³/mol. The van der Waals surface area contributed by atoms with Crippen molar-refractivity contribution in [3.8, 4) is 17.9 Å². The van der Waals surface area contributed by atoms with E-state index < -0.39 is 0 Å². The van der Waals surface area contributed by atoms with Crippen LogP contribution < -0.4 is 5.73 Å². The summed E-state index contributed by atoms with van der Waals surface area (Å²) in [7, 11) is 0. The molecule has 0 spiro atoms. The summed E-state index contributed by atoms with van der Waals surface area (Å²) in [6.07, 6.45) is 0.152. The Labute approximate surface area is 80.3 Å². The Morgan fingerprint density at radius 3 is 3.00 bits per heavy atom. The molecule has 5 heteroatoms. The minimum atomic E-state index is 0.152. The molecule has 2 N–H and O–H groups in total. The lowest BCUT2D eigenvalue weighted by molar-refractivity contribution is 1.04. The second-order valence-electron chi connectivity index (χ2n) is 2.10. The van der Waals surface area contributed by atoms with E-state index >= 15 is 0 Å². The molecule has 0 amide bonds. The van der Waals surface area contributed by atoms with E-state index in [2.05, 4.69) is 22.0 Å². The maximum absolute atomic E-state index is 8.23. The largest absolute Gasteiger partial charge is 0.381 e. The van der Waals surface area contributed by atoms with Gasteiger partial charge in [0.25, 0.3) is 0 Å². The summed E-state index contributed by atoms with van der Waals surface area (Å²) in [5, 5.41) is 15.6.